The van der Waals surface area contributed by atoms with Gasteiger partial charge in [0.1, 0.15) is 17.3 Å². The zero-order valence-corrected chi connectivity index (χ0v) is 13.0. The summed E-state index contributed by atoms with van der Waals surface area (Å²) in [6.07, 6.45) is 6.49. The summed E-state index contributed by atoms with van der Waals surface area (Å²) in [5.41, 5.74) is 8.51. The molecule has 0 atom stereocenters. The molecule has 0 unspecified atom stereocenters. The van der Waals surface area contributed by atoms with Crippen LogP contribution in [-0.2, 0) is 0 Å². The number of hydrogen-bond acceptors (Lipinski definition) is 2. The highest BCUT2D eigenvalue weighted by Crippen LogP contribution is 2.37. The third kappa shape index (κ3) is 2.69. The summed E-state index contributed by atoms with van der Waals surface area (Å²) in [5.74, 6) is 2.58. The lowest BCUT2D eigenvalue weighted by Crippen LogP contribution is -2.15. The van der Waals surface area contributed by atoms with Crippen LogP contribution in [-0.4, -0.2) is 9.55 Å². The Balaban J connectivity index is 2.07. The van der Waals surface area contributed by atoms with Crippen LogP contribution >= 0.6 is 0 Å². The molecule has 1 heterocycles. The maximum Gasteiger partial charge on any atom is 0.131 e. The molecule has 1 aliphatic carbocycles. The van der Waals surface area contributed by atoms with Gasteiger partial charge in [0.15, 0.2) is 0 Å². The van der Waals surface area contributed by atoms with Crippen LogP contribution in [0.4, 0.5) is 5.82 Å². The van der Waals surface area contributed by atoms with Gasteiger partial charge in [0.05, 0.1) is 0 Å². The second-order valence-corrected chi connectivity index (χ2v) is 6.37. The Morgan fingerprint density at radius 2 is 1.76 bits per heavy atom. The van der Waals surface area contributed by atoms with Gasteiger partial charge in [-0.15, -0.1) is 0 Å². The summed E-state index contributed by atoms with van der Waals surface area (Å²) < 4.78 is 2.25. The van der Waals surface area contributed by atoms with Crippen LogP contribution in [0.25, 0.3) is 11.3 Å². The van der Waals surface area contributed by atoms with Crippen molar-refractivity contribution in [2.45, 2.75) is 57.9 Å². The van der Waals surface area contributed by atoms with Crippen molar-refractivity contribution in [2.24, 2.45) is 0 Å². The lowest BCUT2D eigenvalue weighted by molar-refractivity contribution is 0.408. The van der Waals surface area contributed by atoms with E-state index in [1.54, 1.807) is 0 Å². The van der Waals surface area contributed by atoms with E-state index >= 15 is 0 Å². The van der Waals surface area contributed by atoms with Crippen molar-refractivity contribution in [2.75, 3.05) is 5.73 Å². The van der Waals surface area contributed by atoms with Gasteiger partial charge in [-0.1, -0.05) is 49.6 Å². The first-order chi connectivity index (χ1) is 10.2. The van der Waals surface area contributed by atoms with Crippen molar-refractivity contribution in [3.05, 3.63) is 36.2 Å². The first-order valence-electron chi connectivity index (χ1n) is 8.11. The topological polar surface area (TPSA) is 43.8 Å². The normalized spacial score (nSPS) is 16.5. The summed E-state index contributed by atoms with van der Waals surface area (Å²) in [6, 6.07) is 10.7. The molecule has 2 N–H and O–H groups in total. The Morgan fingerprint density at radius 1 is 1.10 bits per heavy atom. The van der Waals surface area contributed by atoms with E-state index in [4.69, 9.17) is 10.7 Å². The van der Waals surface area contributed by atoms with Crippen molar-refractivity contribution in [1.29, 1.82) is 0 Å². The lowest BCUT2D eigenvalue weighted by Gasteiger charge is -2.24. The number of rotatable bonds is 3. The van der Waals surface area contributed by atoms with Crippen LogP contribution in [0.1, 0.15) is 63.7 Å². The first kappa shape index (κ1) is 14.2. The van der Waals surface area contributed by atoms with Gasteiger partial charge in [0.2, 0.25) is 0 Å². The summed E-state index contributed by atoms with van der Waals surface area (Å²) in [6.45, 7) is 4.39. The van der Waals surface area contributed by atoms with Gasteiger partial charge < -0.3 is 10.3 Å². The van der Waals surface area contributed by atoms with Crippen LogP contribution in [0, 0.1) is 0 Å². The van der Waals surface area contributed by atoms with Gasteiger partial charge in [0, 0.05) is 17.5 Å². The fraction of sp³-hybridized carbons (Fsp3) is 0.500. The van der Waals surface area contributed by atoms with Crippen molar-refractivity contribution in [3.63, 3.8) is 0 Å². The zero-order valence-electron chi connectivity index (χ0n) is 13.0. The van der Waals surface area contributed by atoms with Gasteiger partial charge in [-0.25, -0.2) is 4.98 Å². The Labute approximate surface area is 127 Å². The molecule has 0 saturated heterocycles. The Morgan fingerprint density at radius 3 is 2.38 bits per heavy atom. The first-order valence-corrected chi connectivity index (χ1v) is 8.11. The molecule has 2 aromatic rings. The molecule has 3 rings (SSSR count). The molecule has 0 bridgehead atoms. The van der Waals surface area contributed by atoms with Gasteiger partial charge in [-0.05, 0) is 26.7 Å². The minimum Gasteiger partial charge on any atom is -0.383 e. The van der Waals surface area contributed by atoms with Crippen molar-refractivity contribution < 1.29 is 0 Å². The quantitative estimate of drug-likeness (QED) is 0.882. The van der Waals surface area contributed by atoms with Crippen molar-refractivity contribution >= 4 is 5.82 Å². The number of hydrogen-bond donors (Lipinski definition) is 1. The monoisotopic (exact) mass is 283 g/mol. The molecule has 1 aliphatic rings. The zero-order chi connectivity index (χ0) is 14.8. The van der Waals surface area contributed by atoms with E-state index in [0.717, 1.165) is 17.1 Å². The minimum atomic E-state index is 0.354. The van der Waals surface area contributed by atoms with Crippen LogP contribution in [0.15, 0.2) is 30.3 Å². The largest absolute Gasteiger partial charge is 0.383 e. The summed E-state index contributed by atoms with van der Waals surface area (Å²) >= 11 is 0. The van der Waals surface area contributed by atoms with E-state index in [-0.39, 0.29) is 0 Å². The van der Waals surface area contributed by atoms with E-state index in [1.165, 1.54) is 37.9 Å². The molecule has 1 aromatic heterocycles. The molecule has 3 heteroatoms. The Kier molecular flexibility index (Phi) is 4.00. The predicted octanol–water partition coefficient (Wildman–Crippen LogP) is 4.76. The Hall–Kier alpha value is -1.77. The van der Waals surface area contributed by atoms with E-state index in [1.807, 2.05) is 18.2 Å². The number of nitrogen functional groups attached to an aromatic ring is 1. The maximum atomic E-state index is 6.44. The molecule has 3 nitrogen and oxygen atoms in total. The van der Waals surface area contributed by atoms with Crippen LogP contribution in [0.2, 0.25) is 0 Å². The molecule has 0 spiro atoms. The third-order valence-electron chi connectivity index (χ3n) is 4.51. The number of anilines is 1. The molecular formula is C18H25N3. The van der Waals surface area contributed by atoms with E-state index in [9.17, 15) is 0 Å². The minimum absolute atomic E-state index is 0.354. The van der Waals surface area contributed by atoms with Crippen LogP contribution in [0.3, 0.4) is 0 Å². The average molecular weight is 283 g/mol. The molecular weight excluding hydrogens is 258 g/mol. The fourth-order valence-electron chi connectivity index (χ4n) is 3.46. The highest BCUT2D eigenvalue weighted by Gasteiger charge is 2.25. The molecule has 1 saturated carbocycles. The molecule has 0 amide bonds. The molecule has 0 radical (unpaired) electrons. The molecule has 1 aromatic carbocycles. The highest BCUT2D eigenvalue weighted by atomic mass is 15.2. The van der Waals surface area contributed by atoms with Crippen molar-refractivity contribution in [1.82, 2.24) is 9.55 Å². The van der Waals surface area contributed by atoms with E-state index in [0.29, 0.717) is 12.0 Å². The third-order valence-corrected chi connectivity index (χ3v) is 4.51. The number of aromatic nitrogens is 2. The maximum absolute atomic E-state index is 6.44. The standard InChI is InChI=1S/C18H25N3/c1-13(2)21-17(19)16(14-9-5-3-6-10-14)20-18(21)15-11-7-4-8-12-15/h3,5-6,9-10,13,15H,4,7-8,11-12,19H2,1-2H3. The molecule has 112 valence electrons. The smallest absolute Gasteiger partial charge is 0.131 e. The average Bonchev–Trinajstić information content (AvgIpc) is 2.87. The van der Waals surface area contributed by atoms with Gasteiger partial charge in [-0.3, -0.25) is 0 Å². The summed E-state index contributed by atoms with van der Waals surface area (Å²) in [7, 11) is 0. The van der Waals surface area contributed by atoms with Gasteiger partial charge in [-0.2, -0.15) is 0 Å². The second-order valence-electron chi connectivity index (χ2n) is 6.37. The molecule has 0 aliphatic heterocycles. The van der Waals surface area contributed by atoms with Crippen LogP contribution in [0.5, 0.6) is 0 Å². The van der Waals surface area contributed by atoms with Crippen molar-refractivity contribution in [3.8, 4) is 11.3 Å². The predicted molar refractivity (Wildman–Crippen MR) is 88.3 cm³/mol. The molecule has 1 fully saturated rings. The highest BCUT2D eigenvalue weighted by molar-refractivity contribution is 5.71. The number of nitrogens with two attached hydrogens (primary N) is 1. The number of benzene rings is 1. The van der Waals surface area contributed by atoms with E-state index in [2.05, 4.69) is 30.5 Å². The second kappa shape index (κ2) is 5.92. The molecule has 21 heavy (non-hydrogen) atoms. The van der Waals surface area contributed by atoms with Gasteiger partial charge in [0.25, 0.3) is 0 Å². The number of imidazole rings is 1. The summed E-state index contributed by atoms with van der Waals surface area (Å²) in [4.78, 5) is 4.96. The van der Waals surface area contributed by atoms with Gasteiger partial charge >= 0.3 is 0 Å². The Bertz CT molecular complexity index is 592. The lowest BCUT2D eigenvalue weighted by atomic mass is 9.88. The summed E-state index contributed by atoms with van der Waals surface area (Å²) in [5, 5.41) is 0. The van der Waals surface area contributed by atoms with Crippen LogP contribution < -0.4 is 5.73 Å². The van der Waals surface area contributed by atoms with E-state index < -0.39 is 0 Å². The number of nitrogens with zero attached hydrogens (tertiary/aromatic N) is 2. The fourth-order valence-corrected chi connectivity index (χ4v) is 3.46. The SMILES string of the molecule is CC(C)n1c(C2CCCCC2)nc(-c2ccccc2)c1N.